The van der Waals surface area contributed by atoms with Crippen LogP contribution < -0.4 is 14.8 Å². The molecule has 1 atom stereocenters. The second-order valence-corrected chi connectivity index (χ2v) is 6.49. The summed E-state index contributed by atoms with van der Waals surface area (Å²) < 4.78 is 13.1. The van der Waals surface area contributed by atoms with Gasteiger partial charge in [0.1, 0.15) is 5.82 Å². The Morgan fingerprint density at radius 2 is 2.26 bits per heavy atom. The van der Waals surface area contributed by atoms with Gasteiger partial charge in [-0.3, -0.25) is 0 Å². The molecule has 2 aliphatic heterocycles. The van der Waals surface area contributed by atoms with E-state index in [-0.39, 0.29) is 0 Å². The summed E-state index contributed by atoms with van der Waals surface area (Å²) in [6.07, 6.45) is 2.06. The van der Waals surface area contributed by atoms with E-state index in [2.05, 4.69) is 40.0 Å². The zero-order chi connectivity index (χ0) is 15.8. The lowest BCUT2D eigenvalue weighted by Gasteiger charge is -2.23. The summed E-state index contributed by atoms with van der Waals surface area (Å²) in [5, 5.41) is 8.26. The quantitative estimate of drug-likeness (QED) is 0.938. The van der Waals surface area contributed by atoms with Crippen molar-refractivity contribution >= 4 is 0 Å². The number of aromatic nitrogens is 3. The monoisotopic (exact) mass is 314 g/mol. The number of rotatable bonds is 4. The van der Waals surface area contributed by atoms with E-state index >= 15 is 0 Å². The van der Waals surface area contributed by atoms with E-state index in [9.17, 15) is 0 Å². The smallest absolute Gasteiger partial charge is 0.231 e. The van der Waals surface area contributed by atoms with Gasteiger partial charge < -0.3 is 14.8 Å². The average molecular weight is 314 g/mol. The molecule has 1 aromatic carbocycles. The third-order valence-corrected chi connectivity index (χ3v) is 4.45. The van der Waals surface area contributed by atoms with Crippen LogP contribution in [0.1, 0.15) is 43.4 Å². The molecule has 23 heavy (non-hydrogen) atoms. The lowest BCUT2D eigenvalue weighted by Crippen LogP contribution is -2.37. The number of hydrogen-bond donors (Lipinski definition) is 1. The zero-order valence-corrected chi connectivity index (χ0v) is 13.6. The highest BCUT2D eigenvalue weighted by atomic mass is 16.7. The minimum atomic E-state index is 0.316. The van der Waals surface area contributed by atoms with Gasteiger partial charge in [0.05, 0.1) is 6.54 Å². The first-order valence-electron chi connectivity index (χ1n) is 8.25. The third kappa shape index (κ3) is 2.79. The van der Waals surface area contributed by atoms with E-state index in [4.69, 9.17) is 9.47 Å². The number of fused-ring (bicyclic) bond motifs is 2. The predicted molar refractivity (Wildman–Crippen MR) is 85.6 cm³/mol. The molecule has 0 radical (unpaired) electrons. The Labute approximate surface area is 135 Å². The van der Waals surface area contributed by atoms with Gasteiger partial charge in [-0.05, 0) is 12.5 Å². The number of nitrogens with zero attached hydrogens (tertiary/aromatic N) is 3. The Balaban J connectivity index is 1.42. The molecule has 6 heteroatoms. The highest BCUT2D eigenvalue weighted by Gasteiger charge is 2.23. The van der Waals surface area contributed by atoms with Gasteiger partial charge in [0, 0.05) is 30.5 Å². The summed E-state index contributed by atoms with van der Waals surface area (Å²) in [5.41, 5.74) is 1.15. The lowest BCUT2D eigenvalue weighted by atomic mass is 10.1. The molecule has 0 spiro atoms. The number of nitrogens with one attached hydrogen (secondary N) is 1. The highest BCUT2D eigenvalue weighted by molar-refractivity contribution is 5.48. The first-order valence-corrected chi connectivity index (χ1v) is 8.25. The molecular formula is C17H22N4O2. The van der Waals surface area contributed by atoms with Gasteiger partial charge in [0.25, 0.3) is 0 Å². The topological polar surface area (TPSA) is 61.2 Å². The van der Waals surface area contributed by atoms with Crippen LogP contribution in [0.25, 0.3) is 0 Å². The lowest BCUT2D eigenvalue weighted by molar-refractivity contribution is 0.173. The minimum Gasteiger partial charge on any atom is -0.454 e. The van der Waals surface area contributed by atoms with E-state index in [1.54, 1.807) is 0 Å². The van der Waals surface area contributed by atoms with E-state index in [1.165, 1.54) is 0 Å². The molecule has 0 saturated heterocycles. The Hall–Kier alpha value is -2.08. The fourth-order valence-electron chi connectivity index (χ4n) is 3.12. The first-order chi connectivity index (χ1) is 11.2. The number of ether oxygens (including phenoxy) is 2. The molecule has 2 aromatic rings. The molecule has 4 rings (SSSR count). The van der Waals surface area contributed by atoms with Gasteiger partial charge in [-0.15, -0.1) is 0 Å². The SMILES string of the molecule is CC(C)c1nc2n(n1)C[C@H](NCc1cccc3c1OCO3)CC2. The molecule has 0 unspecified atom stereocenters. The van der Waals surface area contributed by atoms with Crippen LogP contribution in [0.15, 0.2) is 18.2 Å². The van der Waals surface area contributed by atoms with Crippen molar-refractivity contribution < 1.29 is 9.47 Å². The summed E-state index contributed by atoms with van der Waals surface area (Å²) in [7, 11) is 0. The van der Waals surface area contributed by atoms with Crippen molar-refractivity contribution in [2.24, 2.45) is 0 Å². The highest BCUT2D eigenvalue weighted by Crippen LogP contribution is 2.35. The van der Waals surface area contributed by atoms with Gasteiger partial charge in [-0.1, -0.05) is 26.0 Å². The number of benzene rings is 1. The van der Waals surface area contributed by atoms with E-state index < -0.39 is 0 Å². The van der Waals surface area contributed by atoms with Crippen molar-refractivity contribution in [1.29, 1.82) is 0 Å². The predicted octanol–water partition coefficient (Wildman–Crippen LogP) is 2.23. The van der Waals surface area contributed by atoms with E-state index in [1.807, 2.05) is 12.1 Å². The van der Waals surface area contributed by atoms with Crippen LogP contribution in [0.2, 0.25) is 0 Å². The molecule has 0 aliphatic carbocycles. The van der Waals surface area contributed by atoms with Crippen molar-refractivity contribution in [3.8, 4) is 11.5 Å². The summed E-state index contributed by atoms with van der Waals surface area (Å²) >= 11 is 0. The molecule has 0 amide bonds. The molecule has 0 saturated carbocycles. The van der Waals surface area contributed by atoms with Crippen LogP contribution >= 0.6 is 0 Å². The number of para-hydroxylation sites is 1. The molecule has 122 valence electrons. The number of hydrogen-bond acceptors (Lipinski definition) is 5. The van der Waals surface area contributed by atoms with E-state index in [0.717, 1.165) is 54.6 Å². The maximum atomic E-state index is 5.57. The van der Waals surface area contributed by atoms with Gasteiger partial charge in [-0.2, -0.15) is 5.10 Å². The normalized spacial score (nSPS) is 19.2. The van der Waals surface area contributed by atoms with Gasteiger partial charge >= 0.3 is 0 Å². The van der Waals surface area contributed by atoms with Crippen molar-refractivity contribution in [3.05, 3.63) is 35.4 Å². The Bertz CT molecular complexity index is 711. The molecule has 0 bridgehead atoms. The summed E-state index contributed by atoms with van der Waals surface area (Å²) in [4.78, 5) is 4.64. The first kappa shape index (κ1) is 14.5. The maximum Gasteiger partial charge on any atom is 0.231 e. The molecule has 3 heterocycles. The standard InChI is InChI=1S/C17H22N4O2/c1-11(2)17-19-15-7-6-13(9-21(15)20-17)18-8-12-4-3-5-14-16(12)23-10-22-14/h3-5,11,13,18H,6-10H2,1-2H3/t13-/m1/s1. The average Bonchev–Trinajstić information content (AvgIpc) is 3.18. The van der Waals surface area contributed by atoms with Crippen LogP contribution in [-0.4, -0.2) is 27.6 Å². The third-order valence-electron chi connectivity index (χ3n) is 4.45. The van der Waals surface area contributed by atoms with Crippen molar-refractivity contribution in [2.75, 3.05) is 6.79 Å². The number of aryl methyl sites for hydroxylation is 1. The minimum absolute atomic E-state index is 0.316. The van der Waals surface area contributed by atoms with Crippen LogP contribution in [0.3, 0.4) is 0 Å². The Morgan fingerprint density at radius 1 is 1.35 bits per heavy atom. The summed E-state index contributed by atoms with van der Waals surface area (Å²) in [6.45, 7) is 6.24. The second-order valence-electron chi connectivity index (χ2n) is 6.49. The zero-order valence-electron chi connectivity index (χ0n) is 13.6. The fourth-order valence-corrected chi connectivity index (χ4v) is 3.12. The maximum absolute atomic E-state index is 5.57. The molecule has 1 aromatic heterocycles. The molecule has 0 fully saturated rings. The molecule has 2 aliphatic rings. The van der Waals surface area contributed by atoms with Crippen LogP contribution in [0.4, 0.5) is 0 Å². The van der Waals surface area contributed by atoms with Crippen molar-refractivity contribution in [2.45, 2.75) is 51.7 Å². The van der Waals surface area contributed by atoms with Gasteiger partial charge in [0.2, 0.25) is 6.79 Å². The van der Waals surface area contributed by atoms with Gasteiger partial charge in [-0.25, -0.2) is 9.67 Å². The van der Waals surface area contributed by atoms with Crippen LogP contribution in [-0.2, 0) is 19.5 Å². The molecule has 6 nitrogen and oxygen atoms in total. The van der Waals surface area contributed by atoms with Crippen LogP contribution in [0.5, 0.6) is 11.5 Å². The Morgan fingerprint density at radius 3 is 3.13 bits per heavy atom. The van der Waals surface area contributed by atoms with Crippen molar-refractivity contribution in [1.82, 2.24) is 20.1 Å². The second kappa shape index (κ2) is 5.85. The summed E-state index contributed by atoms with van der Waals surface area (Å²) in [5.74, 6) is 4.16. The Kier molecular flexibility index (Phi) is 3.69. The van der Waals surface area contributed by atoms with Crippen LogP contribution in [0, 0.1) is 0 Å². The molecular weight excluding hydrogens is 292 g/mol. The van der Waals surface area contributed by atoms with Crippen molar-refractivity contribution in [3.63, 3.8) is 0 Å². The van der Waals surface area contributed by atoms with Gasteiger partial charge in [0.15, 0.2) is 17.3 Å². The molecule has 1 N–H and O–H groups in total. The van der Waals surface area contributed by atoms with E-state index in [0.29, 0.717) is 18.8 Å². The summed E-state index contributed by atoms with van der Waals surface area (Å²) in [6, 6.07) is 6.45. The largest absolute Gasteiger partial charge is 0.454 e. The fraction of sp³-hybridized carbons (Fsp3) is 0.529.